The SMILES string of the molecule is CCN(CC(=O)N1CCN(c2ccc(-c3ccc(C)cc3)nn2)CC1)C(=O)C1CC1. The van der Waals surface area contributed by atoms with Crippen molar-refractivity contribution in [2.75, 3.05) is 44.2 Å². The Kier molecular flexibility index (Phi) is 5.97. The van der Waals surface area contributed by atoms with Crippen molar-refractivity contribution >= 4 is 17.6 Å². The lowest BCUT2D eigenvalue weighted by atomic mass is 10.1. The molecule has 1 aliphatic heterocycles. The minimum absolute atomic E-state index is 0.0336. The van der Waals surface area contributed by atoms with Gasteiger partial charge in [0.2, 0.25) is 11.8 Å². The Labute approximate surface area is 177 Å². The van der Waals surface area contributed by atoms with E-state index >= 15 is 0 Å². The van der Waals surface area contributed by atoms with Crippen LogP contribution in [0, 0.1) is 12.8 Å². The Morgan fingerprint density at radius 2 is 1.70 bits per heavy atom. The highest BCUT2D eigenvalue weighted by Crippen LogP contribution is 2.31. The van der Waals surface area contributed by atoms with Crippen molar-refractivity contribution in [2.45, 2.75) is 26.7 Å². The van der Waals surface area contributed by atoms with Crippen molar-refractivity contribution in [2.24, 2.45) is 5.92 Å². The van der Waals surface area contributed by atoms with Crippen molar-refractivity contribution in [1.29, 1.82) is 0 Å². The number of carbonyl (C=O) groups is 2. The molecule has 2 fully saturated rings. The molecule has 2 amide bonds. The van der Waals surface area contributed by atoms with E-state index in [0.29, 0.717) is 32.7 Å². The van der Waals surface area contributed by atoms with Gasteiger partial charge in [0, 0.05) is 44.2 Å². The third kappa shape index (κ3) is 4.61. The van der Waals surface area contributed by atoms with Gasteiger partial charge in [-0.2, -0.15) is 0 Å². The zero-order valence-corrected chi connectivity index (χ0v) is 17.8. The molecule has 158 valence electrons. The second-order valence-corrected chi connectivity index (χ2v) is 8.14. The number of amides is 2. The summed E-state index contributed by atoms with van der Waals surface area (Å²) in [6.45, 7) is 7.48. The predicted molar refractivity (Wildman–Crippen MR) is 116 cm³/mol. The number of hydrogen-bond acceptors (Lipinski definition) is 5. The molecule has 7 nitrogen and oxygen atoms in total. The number of nitrogens with zero attached hydrogens (tertiary/aromatic N) is 5. The monoisotopic (exact) mass is 407 g/mol. The van der Waals surface area contributed by atoms with Crippen LogP contribution >= 0.6 is 0 Å². The Morgan fingerprint density at radius 1 is 1.00 bits per heavy atom. The minimum Gasteiger partial charge on any atom is -0.352 e. The molecule has 4 rings (SSSR count). The van der Waals surface area contributed by atoms with E-state index in [1.807, 2.05) is 24.0 Å². The first kappa shape index (κ1) is 20.3. The Balaban J connectivity index is 1.31. The molecule has 0 spiro atoms. The summed E-state index contributed by atoms with van der Waals surface area (Å²) >= 11 is 0. The third-order valence-corrected chi connectivity index (χ3v) is 5.90. The first-order valence-corrected chi connectivity index (χ1v) is 10.8. The van der Waals surface area contributed by atoms with E-state index < -0.39 is 0 Å². The molecule has 0 N–H and O–H groups in total. The molecule has 1 aliphatic carbocycles. The number of hydrogen-bond donors (Lipinski definition) is 0. The number of piperazine rings is 1. The fourth-order valence-corrected chi connectivity index (χ4v) is 3.75. The van der Waals surface area contributed by atoms with E-state index in [9.17, 15) is 9.59 Å². The molecule has 0 atom stereocenters. The van der Waals surface area contributed by atoms with Crippen molar-refractivity contribution in [3.05, 3.63) is 42.0 Å². The molecule has 1 saturated heterocycles. The Hall–Kier alpha value is -2.96. The molecule has 1 aromatic heterocycles. The van der Waals surface area contributed by atoms with Gasteiger partial charge in [0.15, 0.2) is 5.82 Å². The second kappa shape index (κ2) is 8.81. The fourth-order valence-electron chi connectivity index (χ4n) is 3.75. The number of likely N-dealkylation sites (N-methyl/N-ethyl adjacent to an activating group) is 1. The molecule has 1 saturated carbocycles. The number of rotatable bonds is 6. The quantitative estimate of drug-likeness (QED) is 0.735. The van der Waals surface area contributed by atoms with Gasteiger partial charge in [-0.05, 0) is 38.8 Å². The zero-order valence-electron chi connectivity index (χ0n) is 17.8. The largest absolute Gasteiger partial charge is 0.352 e. The van der Waals surface area contributed by atoms with Crippen LogP contribution in [0.3, 0.4) is 0 Å². The molecule has 2 aromatic rings. The molecular weight excluding hydrogens is 378 g/mol. The van der Waals surface area contributed by atoms with Gasteiger partial charge in [0.25, 0.3) is 0 Å². The van der Waals surface area contributed by atoms with Gasteiger partial charge in [-0.25, -0.2) is 0 Å². The van der Waals surface area contributed by atoms with Crippen molar-refractivity contribution in [3.8, 4) is 11.3 Å². The van der Waals surface area contributed by atoms with Crippen LogP contribution < -0.4 is 4.90 Å². The number of aryl methyl sites for hydroxylation is 1. The van der Waals surface area contributed by atoms with Gasteiger partial charge >= 0.3 is 0 Å². The topological polar surface area (TPSA) is 69.6 Å². The summed E-state index contributed by atoms with van der Waals surface area (Å²) in [5.41, 5.74) is 3.12. The molecule has 0 bridgehead atoms. The van der Waals surface area contributed by atoms with E-state index in [0.717, 1.165) is 29.9 Å². The van der Waals surface area contributed by atoms with Gasteiger partial charge in [-0.15, -0.1) is 10.2 Å². The van der Waals surface area contributed by atoms with Gasteiger partial charge in [0.05, 0.1) is 12.2 Å². The molecule has 2 aliphatic rings. The molecule has 30 heavy (non-hydrogen) atoms. The number of carbonyl (C=O) groups excluding carboxylic acids is 2. The molecular formula is C23H29N5O2. The zero-order chi connectivity index (χ0) is 21.1. The van der Waals surface area contributed by atoms with Crippen molar-refractivity contribution < 1.29 is 9.59 Å². The van der Waals surface area contributed by atoms with Crippen LogP contribution in [0.25, 0.3) is 11.3 Å². The first-order valence-electron chi connectivity index (χ1n) is 10.8. The number of benzene rings is 1. The number of anilines is 1. The molecule has 0 radical (unpaired) electrons. The highest BCUT2D eigenvalue weighted by molar-refractivity contribution is 5.87. The van der Waals surface area contributed by atoms with Crippen LogP contribution in [0.15, 0.2) is 36.4 Å². The summed E-state index contributed by atoms with van der Waals surface area (Å²) in [5.74, 6) is 1.15. The lowest BCUT2D eigenvalue weighted by Crippen LogP contribution is -2.52. The van der Waals surface area contributed by atoms with Crippen LogP contribution in [0.2, 0.25) is 0 Å². The highest BCUT2D eigenvalue weighted by atomic mass is 16.2. The molecule has 2 heterocycles. The van der Waals surface area contributed by atoms with Gasteiger partial charge in [-0.3, -0.25) is 9.59 Å². The second-order valence-electron chi connectivity index (χ2n) is 8.14. The first-order chi connectivity index (χ1) is 14.5. The summed E-state index contributed by atoms with van der Waals surface area (Å²) in [7, 11) is 0. The Morgan fingerprint density at radius 3 is 2.27 bits per heavy atom. The average Bonchev–Trinajstić information content (AvgIpc) is 3.63. The summed E-state index contributed by atoms with van der Waals surface area (Å²) in [6, 6.07) is 12.2. The summed E-state index contributed by atoms with van der Waals surface area (Å²) in [4.78, 5) is 30.6. The minimum atomic E-state index is 0.0336. The van der Waals surface area contributed by atoms with E-state index in [-0.39, 0.29) is 24.3 Å². The van der Waals surface area contributed by atoms with E-state index in [1.165, 1.54) is 5.56 Å². The van der Waals surface area contributed by atoms with Crippen LogP contribution in [0.1, 0.15) is 25.3 Å². The number of aromatic nitrogens is 2. The molecule has 1 aromatic carbocycles. The lowest BCUT2D eigenvalue weighted by molar-refractivity contribution is -0.141. The maximum absolute atomic E-state index is 12.7. The summed E-state index contributed by atoms with van der Waals surface area (Å²) < 4.78 is 0. The summed E-state index contributed by atoms with van der Waals surface area (Å²) in [6.07, 6.45) is 1.93. The highest BCUT2D eigenvalue weighted by Gasteiger charge is 2.34. The average molecular weight is 408 g/mol. The van der Waals surface area contributed by atoms with Gasteiger partial charge in [0.1, 0.15) is 0 Å². The summed E-state index contributed by atoms with van der Waals surface area (Å²) in [5, 5.41) is 8.79. The lowest BCUT2D eigenvalue weighted by Gasteiger charge is -2.36. The van der Waals surface area contributed by atoms with Crippen LogP contribution in [-0.2, 0) is 9.59 Å². The van der Waals surface area contributed by atoms with Gasteiger partial charge < -0.3 is 14.7 Å². The van der Waals surface area contributed by atoms with E-state index in [2.05, 4.69) is 46.3 Å². The van der Waals surface area contributed by atoms with Crippen LogP contribution in [0.4, 0.5) is 5.82 Å². The van der Waals surface area contributed by atoms with E-state index in [1.54, 1.807) is 4.90 Å². The van der Waals surface area contributed by atoms with E-state index in [4.69, 9.17) is 0 Å². The standard InChI is InChI=1S/C23H29N5O2/c1-3-26(23(30)19-8-9-19)16-22(29)28-14-12-27(13-15-28)21-11-10-20(24-25-21)18-6-4-17(2)5-7-18/h4-7,10-11,19H,3,8-9,12-16H2,1-2H3. The van der Waals surface area contributed by atoms with Crippen molar-refractivity contribution in [3.63, 3.8) is 0 Å². The molecule has 7 heteroatoms. The van der Waals surface area contributed by atoms with Gasteiger partial charge in [-0.1, -0.05) is 29.8 Å². The smallest absolute Gasteiger partial charge is 0.242 e. The van der Waals surface area contributed by atoms with Crippen LogP contribution in [-0.4, -0.2) is 71.1 Å². The maximum atomic E-state index is 12.7. The normalized spacial score (nSPS) is 16.5. The van der Waals surface area contributed by atoms with Crippen molar-refractivity contribution in [1.82, 2.24) is 20.0 Å². The maximum Gasteiger partial charge on any atom is 0.242 e. The Bertz CT molecular complexity index is 885. The molecule has 0 unspecified atom stereocenters. The fraction of sp³-hybridized carbons (Fsp3) is 0.478. The third-order valence-electron chi connectivity index (χ3n) is 5.90. The van der Waals surface area contributed by atoms with Crippen LogP contribution in [0.5, 0.6) is 0 Å². The predicted octanol–water partition coefficient (Wildman–Crippen LogP) is 2.36.